The molecule has 0 aromatic heterocycles. The van der Waals surface area contributed by atoms with Crippen molar-refractivity contribution < 1.29 is 19.4 Å². The molecule has 0 unspecified atom stereocenters. The van der Waals surface area contributed by atoms with Crippen molar-refractivity contribution in [2.45, 2.75) is 38.3 Å². The Hall–Kier alpha value is -2.66. The fourth-order valence-corrected chi connectivity index (χ4v) is 2.94. The first kappa shape index (κ1) is 19.7. The highest BCUT2D eigenvalue weighted by Crippen LogP contribution is 2.31. The molecule has 2 rings (SSSR count). The highest BCUT2D eigenvalue weighted by molar-refractivity contribution is 5.95. The second kappa shape index (κ2) is 8.15. The molecule has 0 aliphatic heterocycles. The molecule has 2 aromatic carbocycles. The van der Waals surface area contributed by atoms with Gasteiger partial charge in [0.1, 0.15) is 5.60 Å². The highest BCUT2D eigenvalue weighted by atomic mass is 16.6. The van der Waals surface area contributed by atoms with E-state index in [0.717, 1.165) is 11.1 Å². The van der Waals surface area contributed by atoms with Crippen molar-refractivity contribution in [3.63, 3.8) is 0 Å². The van der Waals surface area contributed by atoms with Crippen LogP contribution in [0.2, 0.25) is 0 Å². The highest BCUT2D eigenvalue weighted by Gasteiger charge is 2.41. The molecule has 0 amide bonds. The molecule has 138 valence electrons. The van der Waals surface area contributed by atoms with E-state index < -0.39 is 35.4 Å². The number of esters is 1. The summed E-state index contributed by atoms with van der Waals surface area (Å²) in [5, 5.41) is 9.67. The number of carboxylic acid groups (broad SMARTS) is 1. The molecule has 2 aromatic rings. The number of benzene rings is 2. The summed E-state index contributed by atoms with van der Waals surface area (Å²) < 4.78 is 5.30. The Bertz CT molecular complexity index is 698. The molecule has 0 fully saturated rings. The molecule has 0 aliphatic carbocycles. The van der Waals surface area contributed by atoms with Crippen molar-refractivity contribution in [1.29, 1.82) is 0 Å². The predicted octanol–water partition coefficient (Wildman–Crippen LogP) is 3.19. The van der Waals surface area contributed by atoms with Gasteiger partial charge >= 0.3 is 11.9 Å². The molecule has 0 radical (unpaired) electrons. The predicted molar refractivity (Wildman–Crippen MR) is 99.7 cm³/mol. The topological polar surface area (TPSA) is 89.6 Å². The van der Waals surface area contributed by atoms with Crippen LogP contribution in [-0.2, 0) is 14.3 Å². The summed E-state index contributed by atoms with van der Waals surface area (Å²) >= 11 is 0. The van der Waals surface area contributed by atoms with Gasteiger partial charge in [0, 0.05) is 12.0 Å². The Kier molecular flexibility index (Phi) is 6.16. The number of ether oxygens (including phenoxy) is 1. The zero-order chi connectivity index (χ0) is 19.3. The van der Waals surface area contributed by atoms with E-state index >= 15 is 0 Å². The second-order valence-electron chi connectivity index (χ2n) is 7.23. The Labute approximate surface area is 153 Å². The lowest BCUT2D eigenvalue weighted by atomic mass is 9.79. The van der Waals surface area contributed by atoms with E-state index in [4.69, 9.17) is 10.5 Å². The molecular weight excluding hydrogens is 330 g/mol. The Morgan fingerprint density at radius 1 is 0.923 bits per heavy atom. The van der Waals surface area contributed by atoms with Crippen LogP contribution in [0, 0.1) is 5.92 Å². The van der Waals surface area contributed by atoms with Gasteiger partial charge in [-0.1, -0.05) is 60.7 Å². The maximum atomic E-state index is 12.5. The van der Waals surface area contributed by atoms with Crippen molar-refractivity contribution in [2.75, 3.05) is 0 Å². The molecular formula is C21H25NO4. The number of rotatable bonds is 6. The zero-order valence-electron chi connectivity index (χ0n) is 15.3. The third-order valence-corrected chi connectivity index (χ3v) is 4.01. The lowest BCUT2D eigenvalue weighted by Gasteiger charge is -2.30. The summed E-state index contributed by atoms with van der Waals surface area (Å²) in [4.78, 5) is 24.4. The van der Waals surface area contributed by atoms with Crippen molar-refractivity contribution in [3.8, 4) is 0 Å². The molecule has 3 N–H and O–H groups in total. The summed E-state index contributed by atoms with van der Waals surface area (Å²) in [6.45, 7) is 5.09. The third kappa shape index (κ3) is 4.92. The van der Waals surface area contributed by atoms with Crippen LogP contribution in [0.1, 0.15) is 37.8 Å². The number of carboxylic acids is 1. The number of nitrogens with two attached hydrogens (primary N) is 1. The van der Waals surface area contributed by atoms with Crippen LogP contribution in [-0.4, -0.2) is 28.7 Å². The molecule has 0 heterocycles. The van der Waals surface area contributed by atoms with Crippen LogP contribution in [0.5, 0.6) is 0 Å². The van der Waals surface area contributed by atoms with Crippen LogP contribution in [0.3, 0.4) is 0 Å². The molecule has 0 spiro atoms. The molecule has 0 saturated carbocycles. The minimum absolute atomic E-state index is 0.453. The lowest BCUT2D eigenvalue weighted by Crippen LogP contribution is -2.47. The largest absolute Gasteiger partial charge is 0.481 e. The number of carbonyl (C=O) groups is 2. The van der Waals surface area contributed by atoms with Gasteiger partial charge in [-0.25, -0.2) is 0 Å². The van der Waals surface area contributed by atoms with Crippen LogP contribution in [0.25, 0.3) is 0 Å². The molecule has 5 nitrogen and oxygen atoms in total. The van der Waals surface area contributed by atoms with Crippen molar-refractivity contribution in [1.82, 2.24) is 0 Å². The monoisotopic (exact) mass is 355 g/mol. The lowest BCUT2D eigenvalue weighted by molar-refractivity contribution is -0.167. The molecule has 0 saturated heterocycles. The van der Waals surface area contributed by atoms with Gasteiger partial charge in [-0.05, 0) is 31.9 Å². The van der Waals surface area contributed by atoms with Gasteiger partial charge in [0.25, 0.3) is 0 Å². The maximum Gasteiger partial charge on any atom is 0.322 e. The van der Waals surface area contributed by atoms with Crippen molar-refractivity contribution in [3.05, 3.63) is 71.8 Å². The number of aliphatic carboxylic acids is 1. The van der Waals surface area contributed by atoms with Crippen LogP contribution < -0.4 is 5.73 Å². The molecule has 0 aliphatic rings. The van der Waals surface area contributed by atoms with Crippen molar-refractivity contribution in [2.24, 2.45) is 11.7 Å². The van der Waals surface area contributed by atoms with Gasteiger partial charge in [-0.3, -0.25) is 9.59 Å². The quantitative estimate of drug-likeness (QED) is 0.613. The van der Waals surface area contributed by atoms with E-state index in [9.17, 15) is 14.7 Å². The van der Waals surface area contributed by atoms with Gasteiger partial charge in [0.05, 0.1) is 0 Å². The second-order valence-corrected chi connectivity index (χ2v) is 7.23. The first-order chi connectivity index (χ1) is 12.2. The van der Waals surface area contributed by atoms with Gasteiger partial charge < -0.3 is 15.6 Å². The van der Waals surface area contributed by atoms with Gasteiger partial charge in [0.15, 0.2) is 5.92 Å². The van der Waals surface area contributed by atoms with Gasteiger partial charge in [0.2, 0.25) is 0 Å². The van der Waals surface area contributed by atoms with E-state index in [1.807, 2.05) is 60.7 Å². The van der Waals surface area contributed by atoms with Gasteiger partial charge in [-0.15, -0.1) is 0 Å². The van der Waals surface area contributed by atoms with Crippen LogP contribution >= 0.6 is 0 Å². The maximum absolute atomic E-state index is 12.5. The fraction of sp³-hybridized carbons (Fsp3) is 0.333. The average Bonchev–Trinajstić information content (AvgIpc) is 2.55. The van der Waals surface area contributed by atoms with E-state index in [2.05, 4.69) is 0 Å². The Morgan fingerprint density at radius 2 is 1.35 bits per heavy atom. The molecule has 5 heteroatoms. The first-order valence-electron chi connectivity index (χ1n) is 8.52. The smallest absolute Gasteiger partial charge is 0.322 e. The Morgan fingerprint density at radius 3 is 1.69 bits per heavy atom. The van der Waals surface area contributed by atoms with Crippen molar-refractivity contribution >= 4 is 11.9 Å². The van der Waals surface area contributed by atoms with E-state index in [1.54, 1.807) is 20.8 Å². The minimum atomic E-state index is -1.47. The molecule has 0 bridgehead atoms. The number of carbonyl (C=O) groups excluding carboxylic acids is 1. The summed E-state index contributed by atoms with van der Waals surface area (Å²) in [7, 11) is 0. The standard InChI is InChI=1S/C21H25NO4/c1-21(2,3)26-20(25)17(19(23)24)18(22)16(14-10-6-4-7-11-14)15-12-8-5-9-13-15/h4-13,16-18H,22H2,1-3H3,(H,23,24)/t17-,18+/m1/s1. The van der Waals surface area contributed by atoms with Crippen LogP contribution in [0.4, 0.5) is 0 Å². The van der Waals surface area contributed by atoms with Crippen LogP contribution in [0.15, 0.2) is 60.7 Å². The first-order valence-corrected chi connectivity index (χ1v) is 8.52. The normalized spacial score (nSPS) is 13.9. The summed E-state index contributed by atoms with van der Waals surface area (Å²) in [6.07, 6.45) is 0. The van der Waals surface area contributed by atoms with E-state index in [1.165, 1.54) is 0 Å². The Balaban J connectivity index is 2.45. The summed E-state index contributed by atoms with van der Waals surface area (Å²) in [5.74, 6) is -4.04. The molecule has 26 heavy (non-hydrogen) atoms. The van der Waals surface area contributed by atoms with Gasteiger partial charge in [-0.2, -0.15) is 0 Å². The molecule has 2 atom stereocenters. The minimum Gasteiger partial charge on any atom is -0.481 e. The third-order valence-electron chi connectivity index (χ3n) is 4.01. The number of hydrogen-bond donors (Lipinski definition) is 2. The summed E-state index contributed by atoms with van der Waals surface area (Å²) in [6, 6.07) is 17.7. The van der Waals surface area contributed by atoms with E-state index in [0.29, 0.717) is 0 Å². The SMILES string of the molecule is CC(C)(C)OC(=O)[C@@H](C(=O)O)[C@@H](N)C(c1ccccc1)c1ccccc1. The summed E-state index contributed by atoms with van der Waals surface area (Å²) in [5.41, 5.74) is 7.27. The average molecular weight is 355 g/mol. The number of hydrogen-bond acceptors (Lipinski definition) is 4. The fourth-order valence-electron chi connectivity index (χ4n) is 2.94. The van der Waals surface area contributed by atoms with E-state index in [-0.39, 0.29) is 0 Å². The zero-order valence-corrected chi connectivity index (χ0v) is 15.3.